The first-order chi connectivity index (χ1) is 10.2. The summed E-state index contributed by atoms with van der Waals surface area (Å²) in [4.78, 5) is 19.5. The van der Waals surface area contributed by atoms with Crippen LogP contribution in [0.5, 0.6) is 0 Å². The molecule has 5 nitrogen and oxygen atoms in total. The molecule has 2 rings (SSSR count). The van der Waals surface area contributed by atoms with Crippen molar-refractivity contribution in [2.45, 2.75) is 45.6 Å². The summed E-state index contributed by atoms with van der Waals surface area (Å²) in [7, 11) is -0.418. The van der Waals surface area contributed by atoms with E-state index in [4.69, 9.17) is 9.42 Å². The van der Waals surface area contributed by atoms with Gasteiger partial charge in [0.05, 0.1) is 11.8 Å². The minimum absolute atomic E-state index is 0.164. The Bertz CT molecular complexity index is 408. The Morgan fingerprint density at radius 2 is 2.10 bits per heavy atom. The number of hydrogen-bond acceptors (Lipinski definition) is 5. The van der Waals surface area contributed by atoms with E-state index in [2.05, 4.69) is 35.3 Å². The number of unbranched alkanes of at least 4 members (excludes halogenated alkanes) is 1. The molecule has 0 bridgehead atoms. The summed E-state index contributed by atoms with van der Waals surface area (Å²) < 4.78 is 5.21. The molecule has 1 aromatic heterocycles. The van der Waals surface area contributed by atoms with E-state index in [1.165, 1.54) is 12.8 Å². The van der Waals surface area contributed by atoms with Gasteiger partial charge in [0.1, 0.15) is 0 Å². The fourth-order valence-electron chi connectivity index (χ4n) is 1.88. The first-order valence-electron chi connectivity index (χ1n) is 7.50. The normalized spacial score (nSPS) is 15.9. The molecule has 1 atom stereocenters. The number of rotatable bonds is 5. The van der Waals surface area contributed by atoms with Gasteiger partial charge < -0.3 is 14.3 Å². The maximum absolute atomic E-state index is 8.73. The Balaban J connectivity index is 0.000000491. The van der Waals surface area contributed by atoms with Gasteiger partial charge in [-0.2, -0.15) is 0 Å². The van der Waals surface area contributed by atoms with Crippen molar-refractivity contribution in [1.29, 1.82) is 0 Å². The highest BCUT2D eigenvalue weighted by atomic mass is 31.1. The summed E-state index contributed by atoms with van der Waals surface area (Å²) in [6.07, 6.45) is 8.06. The van der Waals surface area contributed by atoms with Crippen LogP contribution in [0, 0.1) is 0 Å². The number of piperidine rings is 1. The maximum Gasteiger partial charge on any atom is 0.225 e. The second kappa shape index (κ2) is 10.7. The predicted molar refractivity (Wildman–Crippen MR) is 89.6 cm³/mol. The highest BCUT2D eigenvalue weighted by Crippen LogP contribution is 2.22. The van der Waals surface area contributed by atoms with E-state index in [-0.39, 0.29) is 6.10 Å². The molecule has 1 saturated heterocycles. The summed E-state index contributed by atoms with van der Waals surface area (Å²) >= 11 is 0. The van der Waals surface area contributed by atoms with Crippen molar-refractivity contribution >= 4 is 21.1 Å². The fraction of sp³-hybridized carbons (Fsp3) is 0.600. The van der Waals surface area contributed by atoms with Gasteiger partial charge in [-0.1, -0.05) is 33.3 Å². The molecule has 0 aliphatic carbocycles. The molecular weight excluding hydrogens is 285 g/mol. The van der Waals surface area contributed by atoms with E-state index in [1.54, 1.807) is 12.3 Å². The lowest BCUT2D eigenvalue weighted by Crippen LogP contribution is -2.37. The molecule has 6 heteroatoms. The Labute approximate surface area is 129 Å². The van der Waals surface area contributed by atoms with Crippen LogP contribution in [-0.2, 0) is 4.52 Å². The summed E-state index contributed by atoms with van der Waals surface area (Å²) in [6, 6.07) is 1.83. The van der Waals surface area contributed by atoms with Gasteiger partial charge in [0.15, 0.2) is 9.03 Å². The van der Waals surface area contributed by atoms with Gasteiger partial charge in [0.25, 0.3) is 0 Å². The third-order valence-electron chi connectivity index (χ3n) is 3.32. The lowest BCUT2D eigenvalue weighted by molar-refractivity contribution is 0.180. The van der Waals surface area contributed by atoms with Crippen molar-refractivity contribution in [3.05, 3.63) is 24.5 Å². The molecule has 21 heavy (non-hydrogen) atoms. The first-order valence-corrected chi connectivity index (χ1v) is 8.35. The van der Waals surface area contributed by atoms with Crippen LogP contribution in [0.2, 0.25) is 0 Å². The second-order valence-electron chi connectivity index (χ2n) is 4.88. The number of anilines is 1. The van der Waals surface area contributed by atoms with Crippen LogP contribution >= 0.6 is 9.03 Å². The van der Waals surface area contributed by atoms with Crippen LogP contribution in [0.1, 0.15) is 45.2 Å². The molecule has 0 amide bonds. The Morgan fingerprint density at radius 1 is 1.43 bits per heavy atom. The molecule has 0 spiro atoms. The Hall–Kier alpha value is -1.03. The molecule has 1 aromatic rings. The molecule has 1 aliphatic rings. The van der Waals surface area contributed by atoms with Crippen LogP contribution in [0.4, 0.5) is 5.95 Å². The van der Waals surface area contributed by atoms with Gasteiger partial charge in [-0.25, -0.2) is 9.97 Å². The van der Waals surface area contributed by atoms with Crippen molar-refractivity contribution in [2.24, 2.45) is 0 Å². The monoisotopic (exact) mass is 311 g/mol. The van der Waals surface area contributed by atoms with Crippen LogP contribution in [0.3, 0.4) is 0 Å². The fourth-order valence-corrected chi connectivity index (χ4v) is 2.26. The minimum atomic E-state index is -0.418. The highest BCUT2D eigenvalue weighted by molar-refractivity contribution is 7.25. The summed E-state index contributed by atoms with van der Waals surface area (Å²) in [5.41, 5.74) is 0.838. The van der Waals surface area contributed by atoms with Gasteiger partial charge in [0.2, 0.25) is 5.95 Å². The summed E-state index contributed by atoms with van der Waals surface area (Å²) in [5, 5.41) is 0. The summed E-state index contributed by atoms with van der Waals surface area (Å²) in [6.45, 7) is 9.77. The quantitative estimate of drug-likeness (QED) is 0.844. The number of hydrogen-bond donors (Lipinski definition) is 1. The second-order valence-corrected chi connectivity index (χ2v) is 5.30. The maximum atomic E-state index is 8.73. The zero-order valence-corrected chi connectivity index (χ0v) is 14.0. The van der Waals surface area contributed by atoms with Crippen LogP contribution in [0.25, 0.3) is 6.08 Å². The van der Waals surface area contributed by atoms with E-state index in [9.17, 15) is 0 Å². The van der Waals surface area contributed by atoms with Gasteiger partial charge in [-0.3, -0.25) is 0 Å². The summed E-state index contributed by atoms with van der Waals surface area (Å²) in [5.74, 6) is 0.743. The van der Waals surface area contributed by atoms with E-state index in [0.29, 0.717) is 0 Å². The van der Waals surface area contributed by atoms with Gasteiger partial charge >= 0.3 is 0 Å². The molecule has 0 radical (unpaired) electrons. The van der Waals surface area contributed by atoms with Crippen molar-refractivity contribution < 1.29 is 9.42 Å². The van der Waals surface area contributed by atoms with E-state index in [1.807, 2.05) is 6.07 Å². The molecule has 118 valence electrons. The average molecular weight is 311 g/mol. The zero-order valence-electron chi connectivity index (χ0n) is 13.0. The first kappa shape index (κ1) is 18.0. The Kier molecular flexibility index (Phi) is 9.15. The molecule has 2 heterocycles. The topological polar surface area (TPSA) is 58.5 Å². The van der Waals surface area contributed by atoms with Crippen LogP contribution < -0.4 is 4.90 Å². The van der Waals surface area contributed by atoms with Crippen molar-refractivity contribution in [3.8, 4) is 0 Å². The standard InChI is InChI=1S/C11H16N3O2P.C4H10/c1-2-9-3-6-12-11(13-9)14-7-4-10(5-8-14)16-17-15;1-3-4-2/h2-3,6,10,15,17H,1,4-5,7-8H2;3-4H2,1-2H3. The average Bonchev–Trinajstić information content (AvgIpc) is 2.56. The van der Waals surface area contributed by atoms with Gasteiger partial charge in [-0.05, 0) is 25.0 Å². The van der Waals surface area contributed by atoms with Gasteiger partial charge in [-0.15, -0.1) is 0 Å². The third kappa shape index (κ3) is 6.51. The third-order valence-corrected chi connectivity index (χ3v) is 3.76. The molecule has 1 N–H and O–H groups in total. The van der Waals surface area contributed by atoms with E-state index < -0.39 is 9.03 Å². The minimum Gasteiger partial charge on any atom is -0.352 e. The van der Waals surface area contributed by atoms with Crippen molar-refractivity contribution in [2.75, 3.05) is 18.0 Å². The highest BCUT2D eigenvalue weighted by Gasteiger charge is 2.21. The molecule has 1 fully saturated rings. The van der Waals surface area contributed by atoms with Crippen molar-refractivity contribution in [3.63, 3.8) is 0 Å². The predicted octanol–water partition coefficient (Wildman–Crippen LogP) is 3.41. The van der Waals surface area contributed by atoms with E-state index >= 15 is 0 Å². The Morgan fingerprint density at radius 3 is 2.62 bits per heavy atom. The molecule has 0 saturated carbocycles. The zero-order chi connectivity index (χ0) is 15.5. The SMILES string of the molecule is C=Cc1ccnc(N2CCC(OPO)CC2)n1.CCCC. The largest absolute Gasteiger partial charge is 0.352 e. The van der Waals surface area contributed by atoms with Gasteiger partial charge in [0, 0.05) is 19.3 Å². The number of aromatic nitrogens is 2. The molecule has 1 unspecified atom stereocenters. The number of nitrogens with zero attached hydrogens (tertiary/aromatic N) is 3. The molecule has 1 aliphatic heterocycles. The van der Waals surface area contributed by atoms with Crippen molar-refractivity contribution in [1.82, 2.24) is 9.97 Å². The van der Waals surface area contributed by atoms with Crippen LogP contribution in [0.15, 0.2) is 18.8 Å². The molecular formula is C15H26N3O2P. The molecule has 0 aromatic carbocycles. The van der Waals surface area contributed by atoms with E-state index in [0.717, 1.165) is 37.6 Å². The smallest absolute Gasteiger partial charge is 0.225 e. The van der Waals surface area contributed by atoms with Crippen LogP contribution in [-0.4, -0.2) is 34.1 Å². The lowest BCUT2D eigenvalue weighted by atomic mass is 10.1. The lowest BCUT2D eigenvalue weighted by Gasteiger charge is -2.31.